The Morgan fingerprint density at radius 2 is 1.91 bits per heavy atom. The van der Waals surface area contributed by atoms with Gasteiger partial charge in [0, 0.05) is 5.69 Å². The van der Waals surface area contributed by atoms with Crippen molar-refractivity contribution < 1.29 is 14.3 Å². The van der Waals surface area contributed by atoms with Gasteiger partial charge in [0.05, 0.1) is 20.1 Å². The normalized spacial score (nSPS) is 16.1. The maximum Gasteiger partial charge on any atom is 0.232 e. The van der Waals surface area contributed by atoms with Crippen molar-refractivity contribution in [3.63, 3.8) is 0 Å². The summed E-state index contributed by atoms with van der Waals surface area (Å²) >= 11 is 0. The van der Waals surface area contributed by atoms with Crippen LogP contribution in [0.15, 0.2) is 36.4 Å². The van der Waals surface area contributed by atoms with Crippen LogP contribution in [0.2, 0.25) is 0 Å². The maximum atomic E-state index is 12.3. The average molecular weight is 297 g/mol. The summed E-state index contributed by atoms with van der Waals surface area (Å²) in [6.45, 7) is 2.03. The average Bonchev–Trinajstić information content (AvgIpc) is 2.83. The Labute approximate surface area is 130 Å². The Morgan fingerprint density at radius 1 is 1.09 bits per heavy atom. The molecule has 0 saturated carbocycles. The first-order chi connectivity index (χ1) is 10.6. The summed E-state index contributed by atoms with van der Waals surface area (Å²) in [6, 6.07) is 11.7. The van der Waals surface area contributed by atoms with E-state index >= 15 is 0 Å². The van der Waals surface area contributed by atoms with Crippen LogP contribution in [0, 0.1) is 6.92 Å². The second-order valence-corrected chi connectivity index (χ2v) is 5.51. The molecule has 114 valence electrons. The number of hydrogen-bond acceptors (Lipinski definition) is 3. The van der Waals surface area contributed by atoms with E-state index in [0.29, 0.717) is 6.42 Å². The molecule has 0 saturated heterocycles. The van der Waals surface area contributed by atoms with E-state index in [2.05, 4.69) is 11.4 Å². The van der Waals surface area contributed by atoms with Gasteiger partial charge in [-0.15, -0.1) is 0 Å². The van der Waals surface area contributed by atoms with E-state index in [-0.39, 0.29) is 11.8 Å². The molecule has 1 aliphatic rings. The van der Waals surface area contributed by atoms with Crippen molar-refractivity contribution in [2.24, 2.45) is 0 Å². The van der Waals surface area contributed by atoms with Gasteiger partial charge in [-0.2, -0.15) is 0 Å². The van der Waals surface area contributed by atoms with Crippen molar-refractivity contribution >= 4 is 11.6 Å². The van der Waals surface area contributed by atoms with Gasteiger partial charge in [0.25, 0.3) is 0 Å². The molecule has 1 heterocycles. The van der Waals surface area contributed by atoms with Crippen LogP contribution in [0.1, 0.15) is 22.6 Å². The van der Waals surface area contributed by atoms with E-state index in [9.17, 15) is 4.79 Å². The lowest BCUT2D eigenvalue weighted by atomic mass is 9.92. The van der Waals surface area contributed by atoms with Gasteiger partial charge < -0.3 is 14.8 Å². The highest BCUT2D eigenvalue weighted by molar-refractivity contribution is 6.03. The Balaban J connectivity index is 1.97. The topological polar surface area (TPSA) is 47.6 Å². The SMILES string of the molecule is COc1ccc(OC)c(C[C@H]2C(=O)Nc3ccc(C)cc32)c1. The number of rotatable bonds is 4. The molecule has 4 heteroatoms. The molecule has 1 amide bonds. The van der Waals surface area contributed by atoms with Gasteiger partial charge in [0.15, 0.2) is 0 Å². The van der Waals surface area contributed by atoms with Crippen LogP contribution >= 0.6 is 0 Å². The number of carbonyl (C=O) groups excluding carboxylic acids is 1. The summed E-state index contributed by atoms with van der Waals surface area (Å²) in [5, 5.41) is 2.95. The first-order valence-corrected chi connectivity index (χ1v) is 7.24. The fraction of sp³-hybridized carbons (Fsp3) is 0.278. The highest BCUT2D eigenvalue weighted by Crippen LogP contribution is 2.37. The van der Waals surface area contributed by atoms with Crippen molar-refractivity contribution in [1.82, 2.24) is 0 Å². The molecule has 0 aromatic heterocycles. The Bertz CT molecular complexity index is 724. The summed E-state index contributed by atoms with van der Waals surface area (Å²) in [6.07, 6.45) is 0.586. The fourth-order valence-electron chi connectivity index (χ4n) is 2.91. The number of amides is 1. The molecular weight excluding hydrogens is 278 g/mol. The molecule has 0 radical (unpaired) electrons. The molecule has 1 N–H and O–H groups in total. The van der Waals surface area contributed by atoms with E-state index in [1.54, 1.807) is 14.2 Å². The van der Waals surface area contributed by atoms with Gasteiger partial charge in [0.2, 0.25) is 5.91 Å². The number of hydrogen-bond donors (Lipinski definition) is 1. The summed E-state index contributed by atoms with van der Waals surface area (Å²) < 4.78 is 10.7. The molecule has 0 spiro atoms. The zero-order chi connectivity index (χ0) is 15.7. The largest absolute Gasteiger partial charge is 0.497 e. The number of nitrogens with one attached hydrogen (secondary N) is 1. The highest BCUT2D eigenvalue weighted by atomic mass is 16.5. The number of benzene rings is 2. The molecule has 22 heavy (non-hydrogen) atoms. The lowest BCUT2D eigenvalue weighted by Crippen LogP contribution is -2.14. The molecule has 1 atom stereocenters. The Morgan fingerprint density at radius 3 is 2.64 bits per heavy atom. The van der Waals surface area contributed by atoms with Crippen LogP contribution in [0.3, 0.4) is 0 Å². The quantitative estimate of drug-likeness (QED) is 0.942. The van der Waals surface area contributed by atoms with E-state index in [1.165, 1.54) is 0 Å². The van der Waals surface area contributed by atoms with Crippen molar-refractivity contribution in [3.05, 3.63) is 53.1 Å². The number of aryl methyl sites for hydroxylation is 1. The molecule has 0 fully saturated rings. The van der Waals surface area contributed by atoms with Crippen LogP contribution in [0.4, 0.5) is 5.69 Å². The molecular formula is C18H19NO3. The van der Waals surface area contributed by atoms with Crippen LogP contribution in [-0.2, 0) is 11.2 Å². The van der Waals surface area contributed by atoms with Crippen LogP contribution in [0.5, 0.6) is 11.5 Å². The molecule has 0 unspecified atom stereocenters. The molecule has 2 aromatic carbocycles. The zero-order valence-electron chi connectivity index (χ0n) is 13.0. The standard InChI is InChI=1S/C18H19NO3/c1-11-4-6-16-14(8-11)15(18(20)19-16)10-12-9-13(21-2)5-7-17(12)22-3/h4-9,15H,10H2,1-3H3,(H,19,20)/t15-/m1/s1. The van der Waals surface area contributed by atoms with Gasteiger partial charge in [-0.05, 0) is 48.7 Å². The number of ether oxygens (including phenoxy) is 2. The molecule has 2 aromatic rings. The van der Waals surface area contributed by atoms with Gasteiger partial charge >= 0.3 is 0 Å². The second-order valence-electron chi connectivity index (χ2n) is 5.51. The minimum Gasteiger partial charge on any atom is -0.497 e. The third-order valence-electron chi connectivity index (χ3n) is 4.07. The summed E-state index contributed by atoms with van der Waals surface area (Å²) in [7, 11) is 3.27. The monoisotopic (exact) mass is 297 g/mol. The maximum absolute atomic E-state index is 12.3. The molecule has 0 bridgehead atoms. The van der Waals surface area contributed by atoms with Crippen LogP contribution in [0.25, 0.3) is 0 Å². The van der Waals surface area contributed by atoms with Gasteiger partial charge in [-0.25, -0.2) is 0 Å². The predicted molar refractivity (Wildman–Crippen MR) is 85.8 cm³/mol. The van der Waals surface area contributed by atoms with Crippen LogP contribution in [-0.4, -0.2) is 20.1 Å². The first kappa shape index (κ1) is 14.4. The lowest BCUT2D eigenvalue weighted by molar-refractivity contribution is -0.117. The minimum absolute atomic E-state index is 0.0328. The van der Waals surface area contributed by atoms with Gasteiger partial charge in [-0.1, -0.05) is 17.7 Å². The minimum atomic E-state index is -0.198. The van der Waals surface area contributed by atoms with E-state index in [0.717, 1.165) is 33.9 Å². The molecule has 4 nitrogen and oxygen atoms in total. The van der Waals surface area contributed by atoms with E-state index < -0.39 is 0 Å². The van der Waals surface area contributed by atoms with Crippen LogP contribution < -0.4 is 14.8 Å². The third kappa shape index (κ3) is 2.52. The summed E-state index contributed by atoms with van der Waals surface area (Å²) in [5.74, 6) is 1.37. The van der Waals surface area contributed by atoms with Gasteiger partial charge in [0.1, 0.15) is 11.5 Å². The number of carbonyl (C=O) groups is 1. The lowest BCUT2D eigenvalue weighted by Gasteiger charge is -2.14. The molecule has 1 aliphatic heterocycles. The van der Waals surface area contributed by atoms with Crippen molar-refractivity contribution in [1.29, 1.82) is 0 Å². The summed E-state index contributed by atoms with van der Waals surface area (Å²) in [4.78, 5) is 12.3. The third-order valence-corrected chi connectivity index (χ3v) is 4.07. The first-order valence-electron chi connectivity index (χ1n) is 7.24. The Kier molecular flexibility index (Phi) is 3.75. The highest BCUT2D eigenvalue weighted by Gasteiger charge is 2.31. The molecule has 3 rings (SSSR count). The summed E-state index contributed by atoms with van der Waals surface area (Å²) in [5.41, 5.74) is 4.08. The number of methoxy groups -OCH3 is 2. The number of fused-ring (bicyclic) bond motifs is 1. The number of anilines is 1. The second kappa shape index (κ2) is 5.72. The van der Waals surface area contributed by atoms with Gasteiger partial charge in [-0.3, -0.25) is 4.79 Å². The van der Waals surface area contributed by atoms with Crippen molar-refractivity contribution in [2.45, 2.75) is 19.3 Å². The van der Waals surface area contributed by atoms with Crippen molar-refractivity contribution in [3.8, 4) is 11.5 Å². The smallest absolute Gasteiger partial charge is 0.232 e. The Hall–Kier alpha value is -2.49. The van der Waals surface area contributed by atoms with E-state index in [1.807, 2.05) is 37.3 Å². The molecule has 0 aliphatic carbocycles. The zero-order valence-corrected chi connectivity index (χ0v) is 13.0. The van der Waals surface area contributed by atoms with E-state index in [4.69, 9.17) is 9.47 Å². The van der Waals surface area contributed by atoms with Crippen molar-refractivity contribution in [2.75, 3.05) is 19.5 Å². The predicted octanol–water partition coefficient (Wildman–Crippen LogP) is 3.29. The fourth-order valence-corrected chi connectivity index (χ4v) is 2.91.